The molecule has 0 saturated carbocycles. The van der Waals surface area contributed by atoms with E-state index in [-0.39, 0.29) is 22.3 Å². The number of nitrogens with one attached hydrogen (secondary N) is 1. The molecule has 6 nitrogen and oxygen atoms in total. The van der Waals surface area contributed by atoms with Crippen molar-refractivity contribution in [3.8, 4) is 0 Å². The number of amides is 1. The van der Waals surface area contributed by atoms with E-state index in [1.165, 1.54) is 18.2 Å². The van der Waals surface area contributed by atoms with Crippen LogP contribution in [0.5, 0.6) is 0 Å². The molecule has 1 aliphatic heterocycles. The molecule has 1 unspecified atom stereocenters. The second-order valence-corrected chi connectivity index (χ2v) is 8.62. The van der Waals surface area contributed by atoms with Gasteiger partial charge in [0.1, 0.15) is 16.5 Å². The van der Waals surface area contributed by atoms with Crippen LogP contribution < -0.4 is 10.2 Å². The van der Waals surface area contributed by atoms with Crippen molar-refractivity contribution in [2.24, 2.45) is 4.40 Å². The van der Waals surface area contributed by atoms with Crippen LogP contribution in [-0.4, -0.2) is 26.7 Å². The van der Waals surface area contributed by atoms with Crippen LogP contribution in [0.25, 0.3) is 0 Å². The lowest BCUT2D eigenvalue weighted by atomic mass is 10.1. The lowest BCUT2D eigenvalue weighted by Gasteiger charge is -2.29. The number of nitrogens with zero attached hydrogens (tertiary/aromatic N) is 2. The van der Waals surface area contributed by atoms with Crippen molar-refractivity contribution in [1.29, 1.82) is 0 Å². The first-order chi connectivity index (χ1) is 13.7. The van der Waals surface area contributed by atoms with Crippen LogP contribution in [0, 0.1) is 5.82 Å². The number of unbranched alkanes of at least 4 members (excludes halogenated alkanes) is 1. The van der Waals surface area contributed by atoms with Crippen LogP contribution in [0.4, 0.5) is 10.1 Å². The Morgan fingerprint density at radius 1 is 1.21 bits per heavy atom. The van der Waals surface area contributed by atoms with Crippen LogP contribution in [-0.2, 0) is 10.0 Å². The SMILES string of the molecule is CCCCN1C(C)=NS(=O)(=O)c2cc(C(=O)NC(C)c3ccc(F)cc3)ccc21. The number of carbonyl (C=O) groups excluding carboxylic acids is 1. The third-order valence-electron chi connectivity index (χ3n) is 4.89. The summed E-state index contributed by atoms with van der Waals surface area (Å²) in [5.41, 5.74) is 1.51. The van der Waals surface area contributed by atoms with Gasteiger partial charge < -0.3 is 10.2 Å². The zero-order chi connectivity index (χ0) is 21.2. The van der Waals surface area contributed by atoms with Gasteiger partial charge in [0.15, 0.2) is 0 Å². The molecule has 29 heavy (non-hydrogen) atoms. The summed E-state index contributed by atoms with van der Waals surface area (Å²) >= 11 is 0. The Hall–Kier alpha value is -2.74. The summed E-state index contributed by atoms with van der Waals surface area (Å²) in [7, 11) is -3.87. The molecule has 0 saturated heterocycles. The number of hydrogen-bond acceptors (Lipinski definition) is 4. The zero-order valence-electron chi connectivity index (χ0n) is 16.6. The van der Waals surface area contributed by atoms with Gasteiger partial charge in [-0.25, -0.2) is 4.39 Å². The minimum absolute atomic E-state index is 0.0290. The maximum Gasteiger partial charge on any atom is 0.286 e. The second kappa shape index (κ2) is 8.32. The first kappa shape index (κ1) is 21.0. The van der Waals surface area contributed by atoms with Gasteiger partial charge in [-0.3, -0.25) is 4.79 Å². The minimum atomic E-state index is -3.87. The van der Waals surface area contributed by atoms with Crippen LogP contribution in [0.15, 0.2) is 51.8 Å². The molecule has 3 rings (SSSR count). The molecule has 1 heterocycles. The zero-order valence-corrected chi connectivity index (χ0v) is 17.5. The Bertz CT molecular complexity index is 1050. The van der Waals surface area contributed by atoms with E-state index in [4.69, 9.17) is 0 Å². The molecule has 0 aromatic heterocycles. The van der Waals surface area contributed by atoms with Gasteiger partial charge in [-0.2, -0.15) is 8.42 Å². The highest BCUT2D eigenvalue weighted by Gasteiger charge is 2.29. The summed E-state index contributed by atoms with van der Waals surface area (Å²) in [5.74, 6) is -0.338. The minimum Gasteiger partial charge on any atom is -0.346 e. The van der Waals surface area contributed by atoms with Gasteiger partial charge >= 0.3 is 0 Å². The topological polar surface area (TPSA) is 78.8 Å². The Labute approximate surface area is 170 Å². The molecule has 1 aliphatic rings. The predicted octanol–water partition coefficient (Wildman–Crippen LogP) is 4.04. The third-order valence-corrected chi connectivity index (χ3v) is 6.27. The van der Waals surface area contributed by atoms with E-state index in [2.05, 4.69) is 16.6 Å². The van der Waals surface area contributed by atoms with E-state index in [1.54, 1.807) is 38.1 Å². The molecule has 154 valence electrons. The molecular formula is C21H24FN3O3S. The monoisotopic (exact) mass is 417 g/mol. The fraction of sp³-hybridized carbons (Fsp3) is 0.333. The van der Waals surface area contributed by atoms with Gasteiger partial charge in [-0.15, -0.1) is 4.40 Å². The van der Waals surface area contributed by atoms with E-state index in [0.717, 1.165) is 18.4 Å². The molecule has 2 aromatic carbocycles. The van der Waals surface area contributed by atoms with Crippen molar-refractivity contribution >= 4 is 27.5 Å². The summed E-state index contributed by atoms with van der Waals surface area (Å²) in [6.07, 6.45) is 1.86. The lowest BCUT2D eigenvalue weighted by Crippen LogP contribution is -2.35. The maximum atomic E-state index is 13.1. The summed E-state index contributed by atoms with van der Waals surface area (Å²) in [6, 6.07) is 10.1. The molecule has 8 heteroatoms. The largest absolute Gasteiger partial charge is 0.346 e. The fourth-order valence-corrected chi connectivity index (χ4v) is 4.51. The van der Waals surface area contributed by atoms with Crippen LogP contribution >= 0.6 is 0 Å². The molecular weight excluding hydrogens is 393 g/mol. The molecule has 0 bridgehead atoms. The quantitative estimate of drug-likeness (QED) is 0.769. The van der Waals surface area contributed by atoms with Gasteiger partial charge in [0.25, 0.3) is 15.9 Å². The van der Waals surface area contributed by atoms with Gasteiger partial charge in [-0.1, -0.05) is 25.5 Å². The number of amidine groups is 1. The molecule has 0 aliphatic carbocycles. The standard InChI is InChI=1S/C21H24FN3O3S/c1-4-5-12-25-15(3)24-29(27,28)20-13-17(8-11-19(20)25)21(26)23-14(2)16-6-9-18(22)10-7-16/h6-11,13-14H,4-5,12H2,1-3H3,(H,23,26). The van der Waals surface area contributed by atoms with Crippen molar-refractivity contribution in [1.82, 2.24) is 5.32 Å². The molecule has 1 N–H and O–H groups in total. The van der Waals surface area contributed by atoms with Crippen molar-refractivity contribution in [3.63, 3.8) is 0 Å². The molecule has 1 amide bonds. The Morgan fingerprint density at radius 3 is 2.55 bits per heavy atom. The average Bonchev–Trinajstić information content (AvgIpc) is 2.67. The highest BCUT2D eigenvalue weighted by Crippen LogP contribution is 2.33. The smallest absolute Gasteiger partial charge is 0.286 e. The fourth-order valence-electron chi connectivity index (χ4n) is 3.24. The Balaban J connectivity index is 1.87. The summed E-state index contributed by atoms with van der Waals surface area (Å²) in [6.45, 7) is 6.16. The van der Waals surface area contributed by atoms with Gasteiger partial charge in [0.05, 0.1) is 11.7 Å². The highest BCUT2D eigenvalue weighted by atomic mass is 32.2. The number of rotatable bonds is 6. The lowest BCUT2D eigenvalue weighted by molar-refractivity contribution is 0.0939. The highest BCUT2D eigenvalue weighted by molar-refractivity contribution is 7.90. The number of carbonyl (C=O) groups is 1. The predicted molar refractivity (Wildman–Crippen MR) is 111 cm³/mol. The number of fused-ring (bicyclic) bond motifs is 1. The molecule has 0 radical (unpaired) electrons. The van der Waals surface area contributed by atoms with Gasteiger partial charge in [0.2, 0.25) is 0 Å². The van der Waals surface area contributed by atoms with Crippen molar-refractivity contribution in [2.45, 2.75) is 44.6 Å². The second-order valence-electron chi connectivity index (χ2n) is 7.05. The first-order valence-electron chi connectivity index (χ1n) is 9.52. The number of benzene rings is 2. The van der Waals surface area contributed by atoms with Crippen LogP contribution in [0.1, 0.15) is 55.6 Å². The van der Waals surface area contributed by atoms with E-state index in [1.807, 2.05) is 4.90 Å². The normalized spacial score (nSPS) is 16.0. The van der Waals surface area contributed by atoms with Crippen LogP contribution in [0.2, 0.25) is 0 Å². The molecule has 2 aromatic rings. The summed E-state index contributed by atoms with van der Waals surface area (Å²) in [5, 5.41) is 2.81. The first-order valence-corrected chi connectivity index (χ1v) is 11.0. The molecule has 1 atom stereocenters. The summed E-state index contributed by atoms with van der Waals surface area (Å²) in [4.78, 5) is 14.6. The van der Waals surface area contributed by atoms with Crippen molar-refractivity contribution in [2.75, 3.05) is 11.4 Å². The molecule has 0 spiro atoms. The number of hydrogen-bond donors (Lipinski definition) is 1. The Morgan fingerprint density at radius 2 is 1.90 bits per heavy atom. The average molecular weight is 418 g/mol. The van der Waals surface area contributed by atoms with E-state index >= 15 is 0 Å². The van der Waals surface area contributed by atoms with E-state index < -0.39 is 15.9 Å². The number of anilines is 1. The van der Waals surface area contributed by atoms with Crippen LogP contribution in [0.3, 0.4) is 0 Å². The Kier molecular flexibility index (Phi) is 6.02. The number of halogens is 1. The van der Waals surface area contributed by atoms with E-state index in [9.17, 15) is 17.6 Å². The number of sulfonamides is 1. The maximum absolute atomic E-state index is 13.1. The van der Waals surface area contributed by atoms with E-state index in [0.29, 0.717) is 18.1 Å². The van der Waals surface area contributed by atoms with Gasteiger partial charge in [0, 0.05) is 12.1 Å². The summed E-state index contributed by atoms with van der Waals surface area (Å²) < 4.78 is 42.1. The van der Waals surface area contributed by atoms with Crippen molar-refractivity contribution in [3.05, 3.63) is 59.4 Å². The third kappa shape index (κ3) is 4.48. The molecule has 0 fully saturated rings. The van der Waals surface area contributed by atoms with Crippen molar-refractivity contribution < 1.29 is 17.6 Å². The van der Waals surface area contributed by atoms with Gasteiger partial charge in [-0.05, 0) is 56.2 Å².